The van der Waals surface area contributed by atoms with Crippen LogP contribution in [0.25, 0.3) is 0 Å². The van der Waals surface area contributed by atoms with E-state index in [1.54, 1.807) is 7.11 Å². The maximum atomic E-state index is 11.4. The van der Waals surface area contributed by atoms with Crippen molar-refractivity contribution in [3.63, 3.8) is 0 Å². The summed E-state index contributed by atoms with van der Waals surface area (Å²) >= 11 is 0. The highest BCUT2D eigenvalue weighted by Gasteiger charge is 2.10. The first kappa shape index (κ1) is 16.4. The summed E-state index contributed by atoms with van der Waals surface area (Å²) in [4.78, 5) is 23.0. The second-order valence-electron chi connectivity index (χ2n) is 5.01. The molecule has 0 atom stereocenters. The third-order valence-electron chi connectivity index (χ3n) is 2.88. The molecule has 0 saturated heterocycles. The first-order valence-corrected chi connectivity index (χ1v) is 7.11. The van der Waals surface area contributed by atoms with Gasteiger partial charge in [-0.2, -0.15) is 0 Å². The third kappa shape index (κ3) is 5.06. The second-order valence-corrected chi connectivity index (χ2v) is 5.01. The number of benzene rings is 1. The van der Waals surface area contributed by atoms with E-state index in [4.69, 9.17) is 4.74 Å². The van der Waals surface area contributed by atoms with Crippen molar-refractivity contribution in [2.45, 2.75) is 20.8 Å². The van der Waals surface area contributed by atoms with E-state index in [1.807, 2.05) is 44.2 Å². The molecule has 0 aliphatic rings. The van der Waals surface area contributed by atoms with Gasteiger partial charge in [0.25, 0.3) is 11.9 Å². The van der Waals surface area contributed by atoms with Gasteiger partial charge in [-0.15, -0.1) is 9.97 Å². The van der Waals surface area contributed by atoms with E-state index in [0.29, 0.717) is 11.9 Å². The van der Waals surface area contributed by atoms with Gasteiger partial charge >= 0.3 is 5.95 Å². The van der Waals surface area contributed by atoms with Gasteiger partial charge in [-0.25, -0.2) is 10.3 Å². The Morgan fingerprint density at radius 1 is 1.13 bits per heavy atom. The number of aryl methyl sites for hydroxylation is 2. The van der Waals surface area contributed by atoms with Crippen molar-refractivity contribution >= 4 is 23.5 Å². The van der Waals surface area contributed by atoms with Crippen molar-refractivity contribution in [2.75, 3.05) is 12.4 Å². The standard InChI is InChI=1S/C16H19N5O2/c1-10-9-11(2)18-15(17-10)21-16(19-12(3)22)20-13-5-7-14(23-4)8-6-13/h5-9H,1-4H3,(H2,17,18,19,20,21,22)/p+1. The van der Waals surface area contributed by atoms with Crippen molar-refractivity contribution in [1.29, 1.82) is 0 Å². The molecule has 0 aliphatic heterocycles. The molecule has 3 N–H and O–H groups in total. The quantitative estimate of drug-likeness (QED) is 0.564. The zero-order valence-corrected chi connectivity index (χ0v) is 13.6. The highest BCUT2D eigenvalue weighted by Crippen LogP contribution is 2.14. The first-order valence-electron chi connectivity index (χ1n) is 7.11. The zero-order chi connectivity index (χ0) is 16.8. The minimum absolute atomic E-state index is 0.210. The maximum Gasteiger partial charge on any atom is 0.354 e. The summed E-state index contributed by atoms with van der Waals surface area (Å²) in [6, 6.07) is 9.19. The summed E-state index contributed by atoms with van der Waals surface area (Å²) in [7, 11) is 1.61. The molecule has 2 rings (SSSR count). The van der Waals surface area contributed by atoms with Crippen LogP contribution in [0.5, 0.6) is 5.75 Å². The van der Waals surface area contributed by atoms with Crippen molar-refractivity contribution in [1.82, 2.24) is 15.3 Å². The van der Waals surface area contributed by atoms with Crippen molar-refractivity contribution in [2.24, 2.45) is 0 Å². The molecule has 7 heteroatoms. The number of anilines is 1. The average molecular weight is 314 g/mol. The molecule has 1 amide bonds. The van der Waals surface area contributed by atoms with Crippen LogP contribution >= 0.6 is 0 Å². The SMILES string of the molecule is COc1ccc(NC(NC(C)=O)=[NH+]c2nc(C)cc(C)n2)cc1. The Kier molecular flexibility index (Phi) is 5.24. The molecule has 1 heterocycles. The Balaban J connectivity index is 2.27. The summed E-state index contributed by atoms with van der Waals surface area (Å²) in [5, 5.41) is 5.78. The van der Waals surface area contributed by atoms with Crippen LogP contribution in [-0.2, 0) is 4.79 Å². The summed E-state index contributed by atoms with van der Waals surface area (Å²) in [5.74, 6) is 1.33. The number of hydrogen-bond donors (Lipinski definition) is 3. The smallest absolute Gasteiger partial charge is 0.354 e. The summed E-state index contributed by atoms with van der Waals surface area (Å²) < 4.78 is 5.12. The number of nitrogens with one attached hydrogen (secondary N) is 3. The van der Waals surface area contributed by atoms with Gasteiger partial charge in [0, 0.05) is 13.0 Å². The zero-order valence-electron chi connectivity index (χ0n) is 13.6. The third-order valence-corrected chi connectivity index (χ3v) is 2.88. The number of amides is 1. The number of ether oxygens (including phenoxy) is 1. The molecule has 2 aromatic rings. The number of nitrogens with zero attached hydrogens (tertiary/aromatic N) is 2. The predicted molar refractivity (Wildman–Crippen MR) is 87.6 cm³/mol. The highest BCUT2D eigenvalue weighted by atomic mass is 16.5. The molecule has 0 fully saturated rings. The molecular formula is C16H20N5O2+. The van der Waals surface area contributed by atoms with E-state index in [9.17, 15) is 4.79 Å². The van der Waals surface area contributed by atoms with Gasteiger partial charge in [0.1, 0.15) is 5.75 Å². The number of rotatable bonds is 3. The molecule has 0 spiro atoms. The Bertz CT molecular complexity index is 706. The molecule has 120 valence electrons. The number of methoxy groups -OCH3 is 1. The minimum atomic E-state index is -0.210. The number of aromatic nitrogens is 2. The van der Waals surface area contributed by atoms with Crippen LogP contribution in [0.15, 0.2) is 30.3 Å². The van der Waals surface area contributed by atoms with Gasteiger partial charge in [0.2, 0.25) is 0 Å². The largest absolute Gasteiger partial charge is 0.497 e. The topological polar surface area (TPSA) is 90.1 Å². The molecule has 0 unspecified atom stereocenters. The van der Waals surface area contributed by atoms with Crippen LogP contribution in [0.3, 0.4) is 0 Å². The lowest BCUT2D eigenvalue weighted by molar-refractivity contribution is -0.366. The number of carbonyl (C=O) groups is 1. The fourth-order valence-corrected chi connectivity index (χ4v) is 1.98. The molecular weight excluding hydrogens is 294 g/mol. The Hall–Kier alpha value is -2.96. The fourth-order valence-electron chi connectivity index (χ4n) is 1.98. The molecule has 23 heavy (non-hydrogen) atoms. The molecule has 0 radical (unpaired) electrons. The van der Waals surface area contributed by atoms with Crippen LogP contribution in [0.4, 0.5) is 11.6 Å². The van der Waals surface area contributed by atoms with E-state index in [2.05, 4.69) is 25.6 Å². The minimum Gasteiger partial charge on any atom is -0.497 e. The molecule has 7 nitrogen and oxygen atoms in total. The molecule has 0 aliphatic carbocycles. The van der Waals surface area contributed by atoms with Crippen molar-refractivity contribution in [3.05, 3.63) is 41.7 Å². The number of guanidine groups is 1. The lowest BCUT2D eigenvalue weighted by Crippen LogP contribution is -2.74. The fraction of sp³-hybridized carbons (Fsp3) is 0.250. The van der Waals surface area contributed by atoms with Gasteiger partial charge < -0.3 is 4.74 Å². The molecule has 0 bridgehead atoms. The van der Waals surface area contributed by atoms with Gasteiger partial charge in [-0.3, -0.25) is 10.1 Å². The number of hydrogen-bond acceptors (Lipinski definition) is 4. The average Bonchev–Trinajstić information content (AvgIpc) is 2.46. The van der Waals surface area contributed by atoms with E-state index in [1.165, 1.54) is 6.92 Å². The summed E-state index contributed by atoms with van der Waals surface area (Å²) in [6.07, 6.45) is 0. The predicted octanol–water partition coefficient (Wildman–Crippen LogP) is 0.418. The lowest BCUT2D eigenvalue weighted by Gasteiger charge is -2.07. The van der Waals surface area contributed by atoms with Crippen LogP contribution < -0.4 is 20.4 Å². The Morgan fingerprint density at radius 3 is 2.26 bits per heavy atom. The van der Waals surface area contributed by atoms with Crippen LogP contribution in [-0.4, -0.2) is 28.9 Å². The van der Waals surface area contributed by atoms with E-state index < -0.39 is 0 Å². The summed E-state index contributed by atoms with van der Waals surface area (Å²) in [6.45, 7) is 5.20. The highest BCUT2D eigenvalue weighted by molar-refractivity contribution is 6.00. The van der Waals surface area contributed by atoms with Gasteiger partial charge in [0.15, 0.2) is 0 Å². The first-order chi connectivity index (χ1) is 11.0. The summed E-state index contributed by atoms with van der Waals surface area (Å²) in [5.41, 5.74) is 2.46. The second kappa shape index (κ2) is 7.35. The monoisotopic (exact) mass is 314 g/mol. The maximum absolute atomic E-state index is 11.4. The van der Waals surface area contributed by atoms with Crippen LogP contribution in [0.1, 0.15) is 18.3 Å². The van der Waals surface area contributed by atoms with Gasteiger partial charge in [0.05, 0.1) is 24.2 Å². The number of carbonyl (C=O) groups excluding carboxylic acids is 1. The van der Waals surface area contributed by atoms with Gasteiger partial charge in [-0.1, -0.05) is 0 Å². The molecule has 1 aromatic carbocycles. The normalized spacial score (nSPS) is 11.0. The van der Waals surface area contributed by atoms with Gasteiger partial charge in [-0.05, 0) is 38.1 Å². The Labute approximate surface area is 134 Å². The molecule has 0 saturated carbocycles. The van der Waals surface area contributed by atoms with Crippen LogP contribution in [0, 0.1) is 13.8 Å². The van der Waals surface area contributed by atoms with E-state index >= 15 is 0 Å². The van der Waals surface area contributed by atoms with E-state index in [0.717, 1.165) is 22.8 Å². The van der Waals surface area contributed by atoms with E-state index in [-0.39, 0.29) is 5.91 Å². The molecule has 1 aromatic heterocycles. The van der Waals surface area contributed by atoms with Crippen LogP contribution in [0.2, 0.25) is 0 Å². The lowest BCUT2D eigenvalue weighted by atomic mass is 10.3. The van der Waals surface area contributed by atoms with Crippen molar-refractivity contribution < 1.29 is 14.5 Å². The van der Waals surface area contributed by atoms with Crippen molar-refractivity contribution in [3.8, 4) is 5.75 Å². The Morgan fingerprint density at radius 2 is 1.74 bits per heavy atom.